The van der Waals surface area contributed by atoms with E-state index in [1.54, 1.807) is 6.07 Å². The first-order valence-electron chi connectivity index (χ1n) is 6.93. The van der Waals surface area contributed by atoms with E-state index >= 15 is 0 Å². The van der Waals surface area contributed by atoms with E-state index in [4.69, 9.17) is 10.5 Å². The van der Waals surface area contributed by atoms with E-state index in [0.717, 1.165) is 37.7 Å². The summed E-state index contributed by atoms with van der Waals surface area (Å²) in [5, 5.41) is 3.31. The van der Waals surface area contributed by atoms with Gasteiger partial charge in [0.2, 0.25) is 5.91 Å². The summed E-state index contributed by atoms with van der Waals surface area (Å²) in [7, 11) is 0. The van der Waals surface area contributed by atoms with Crippen LogP contribution in [0.3, 0.4) is 0 Å². The summed E-state index contributed by atoms with van der Waals surface area (Å²) in [6.07, 6.45) is 3.66. The molecular formula is C15H22N2O2. The standard InChI is InChI=1S/C15H22N2O2/c16-15(18)14-5-2-1-4-13(14)10-17-8-3-9-19-11-12-6-7-12/h1-2,4-5,12,17H,3,6-11H2,(H2,16,18). The normalized spacial score (nSPS) is 14.5. The number of amides is 1. The molecule has 2 rings (SSSR count). The number of benzene rings is 1. The predicted octanol–water partition coefficient (Wildman–Crippen LogP) is 1.69. The number of primary amides is 1. The van der Waals surface area contributed by atoms with E-state index in [2.05, 4.69) is 5.32 Å². The molecule has 1 amide bonds. The molecule has 0 heterocycles. The van der Waals surface area contributed by atoms with Gasteiger partial charge >= 0.3 is 0 Å². The van der Waals surface area contributed by atoms with E-state index in [1.807, 2.05) is 18.2 Å². The number of nitrogens with one attached hydrogen (secondary N) is 1. The summed E-state index contributed by atoms with van der Waals surface area (Å²) in [4.78, 5) is 11.2. The van der Waals surface area contributed by atoms with Crippen LogP contribution in [-0.4, -0.2) is 25.7 Å². The zero-order valence-corrected chi connectivity index (χ0v) is 11.2. The minimum absolute atomic E-state index is 0.370. The van der Waals surface area contributed by atoms with Crippen LogP contribution < -0.4 is 11.1 Å². The molecule has 1 saturated carbocycles. The van der Waals surface area contributed by atoms with Crippen molar-refractivity contribution >= 4 is 5.91 Å². The number of nitrogens with two attached hydrogens (primary N) is 1. The molecule has 1 aliphatic rings. The molecule has 1 aliphatic carbocycles. The molecule has 0 aromatic heterocycles. The molecular weight excluding hydrogens is 240 g/mol. The fraction of sp³-hybridized carbons (Fsp3) is 0.533. The van der Waals surface area contributed by atoms with E-state index in [1.165, 1.54) is 12.8 Å². The highest BCUT2D eigenvalue weighted by atomic mass is 16.5. The van der Waals surface area contributed by atoms with Crippen molar-refractivity contribution in [1.82, 2.24) is 5.32 Å². The number of rotatable bonds is 9. The number of hydrogen-bond acceptors (Lipinski definition) is 3. The topological polar surface area (TPSA) is 64.4 Å². The third-order valence-corrected chi connectivity index (χ3v) is 3.29. The molecule has 0 atom stereocenters. The molecule has 0 aliphatic heterocycles. The Bertz CT molecular complexity index is 416. The van der Waals surface area contributed by atoms with Gasteiger partial charge in [0, 0.05) is 25.3 Å². The van der Waals surface area contributed by atoms with Gasteiger partial charge in [-0.25, -0.2) is 0 Å². The van der Waals surface area contributed by atoms with Crippen LogP contribution >= 0.6 is 0 Å². The number of hydrogen-bond donors (Lipinski definition) is 2. The number of carbonyl (C=O) groups excluding carboxylic acids is 1. The number of ether oxygens (including phenoxy) is 1. The highest BCUT2D eigenvalue weighted by molar-refractivity contribution is 5.94. The van der Waals surface area contributed by atoms with Gasteiger partial charge in [0.1, 0.15) is 0 Å². The lowest BCUT2D eigenvalue weighted by Crippen LogP contribution is -2.20. The monoisotopic (exact) mass is 262 g/mol. The molecule has 4 heteroatoms. The molecule has 0 spiro atoms. The lowest BCUT2D eigenvalue weighted by Gasteiger charge is -2.08. The molecule has 1 aromatic carbocycles. The molecule has 0 bridgehead atoms. The fourth-order valence-corrected chi connectivity index (χ4v) is 1.97. The van der Waals surface area contributed by atoms with Crippen molar-refractivity contribution < 1.29 is 9.53 Å². The lowest BCUT2D eigenvalue weighted by atomic mass is 10.1. The molecule has 1 aromatic rings. The summed E-state index contributed by atoms with van der Waals surface area (Å²) in [6, 6.07) is 7.44. The molecule has 19 heavy (non-hydrogen) atoms. The Morgan fingerprint density at radius 3 is 2.89 bits per heavy atom. The molecule has 0 saturated heterocycles. The maximum absolute atomic E-state index is 11.2. The molecule has 104 valence electrons. The first kappa shape index (κ1) is 14.0. The Balaban J connectivity index is 1.60. The van der Waals surface area contributed by atoms with Crippen molar-refractivity contribution in [3.8, 4) is 0 Å². The van der Waals surface area contributed by atoms with Gasteiger partial charge in [-0.05, 0) is 43.4 Å². The first-order valence-corrected chi connectivity index (χ1v) is 6.93. The number of carbonyl (C=O) groups is 1. The Labute approximate surface area is 114 Å². The maximum Gasteiger partial charge on any atom is 0.249 e. The quantitative estimate of drug-likeness (QED) is 0.666. The van der Waals surface area contributed by atoms with Crippen molar-refractivity contribution in [3.05, 3.63) is 35.4 Å². The third kappa shape index (κ3) is 5.01. The highest BCUT2D eigenvalue weighted by Gasteiger charge is 2.20. The van der Waals surface area contributed by atoms with Gasteiger partial charge in [0.05, 0.1) is 0 Å². The van der Waals surface area contributed by atoms with E-state index < -0.39 is 0 Å². The van der Waals surface area contributed by atoms with Crippen molar-refractivity contribution in [2.45, 2.75) is 25.8 Å². The lowest BCUT2D eigenvalue weighted by molar-refractivity contribution is 0.0999. The molecule has 3 N–H and O–H groups in total. The highest BCUT2D eigenvalue weighted by Crippen LogP contribution is 2.28. The van der Waals surface area contributed by atoms with Crippen molar-refractivity contribution in [2.24, 2.45) is 11.7 Å². The Hall–Kier alpha value is -1.39. The predicted molar refractivity (Wildman–Crippen MR) is 74.8 cm³/mol. The second kappa shape index (κ2) is 7.26. The summed E-state index contributed by atoms with van der Waals surface area (Å²) in [6.45, 7) is 3.28. The van der Waals surface area contributed by atoms with Crippen molar-refractivity contribution in [1.29, 1.82) is 0 Å². The van der Waals surface area contributed by atoms with Crippen LogP contribution in [0.15, 0.2) is 24.3 Å². The molecule has 0 radical (unpaired) electrons. The van der Waals surface area contributed by atoms with E-state index in [-0.39, 0.29) is 5.91 Å². The van der Waals surface area contributed by atoms with Crippen LogP contribution in [0.2, 0.25) is 0 Å². The second-order valence-corrected chi connectivity index (χ2v) is 5.07. The van der Waals surface area contributed by atoms with Gasteiger partial charge in [-0.1, -0.05) is 18.2 Å². The summed E-state index contributed by atoms with van der Waals surface area (Å²) in [5.74, 6) is 0.459. The minimum atomic E-state index is -0.370. The van der Waals surface area contributed by atoms with Crippen LogP contribution in [0.4, 0.5) is 0 Å². The Morgan fingerprint density at radius 2 is 2.16 bits per heavy atom. The summed E-state index contributed by atoms with van der Waals surface area (Å²) in [5.41, 5.74) is 6.88. The van der Waals surface area contributed by atoms with Gasteiger partial charge in [-0.3, -0.25) is 4.79 Å². The van der Waals surface area contributed by atoms with Crippen molar-refractivity contribution in [2.75, 3.05) is 19.8 Å². The van der Waals surface area contributed by atoms with Gasteiger partial charge in [0.15, 0.2) is 0 Å². The zero-order chi connectivity index (χ0) is 13.5. The van der Waals surface area contributed by atoms with Crippen LogP contribution in [0, 0.1) is 5.92 Å². The Kier molecular flexibility index (Phi) is 5.36. The van der Waals surface area contributed by atoms with E-state index in [0.29, 0.717) is 12.1 Å². The summed E-state index contributed by atoms with van der Waals surface area (Å²) < 4.78 is 5.56. The molecule has 1 fully saturated rings. The van der Waals surface area contributed by atoms with Crippen molar-refractivity contribution in [3.63, 3.8) is 0 Å². The van der Waals surface area contributed by atoms with Crippen LogP contribution in [-0.2, 0) is 11.3 Å². The van der Waals surface area contributed by atoms with E-state index in [9.17, 15) is 4.79 Å². The largest absolute Gasteiger partial charge is 0.381 e. The van der Waals surface area contributed by atoms with Gasteiger partial charge < -0.3 is 15.8 Å². The molecule has 4 nitrogen and oxygen atoms in total. The SMILES string of the molecule is NC(=O)c1ccccc1CNCCCOCC1CC1. The van der Waals surface area contributed by atoms with Gasteiger partial charge in [-0.15, -0.1) is 0 Å². The van der Waals surface area contributed by atoms with Crippen LogP contribution in [0.1, 0.15) is 35.2 Å². The Morgan fingerprint density at radius 1 is 1.37 bits per heavy atom. The van der Waals surface area contributed by atoms with Gasteiger partial charge in [-0.2, -0.15) is 0 Å². The average molecular weight is 262 g/mol. The molecule has 0 unspecified atom stereocenters. The zero-order valence-electron chi connectivity index (χ0n) is 11.2. The fourth-order valence-electron chi connectivity index (χ4n) is 1.97. The smallest absolute Gasteiger partial charge is 0.249 e. The second-order valence-electron chi connectivity index (χ2n) is 5.07. The van der Waals surface area contributed by atoms with Crippen LogP contribution in [0.25, 0.3) is 0 Å². The van der Waals surface area contributed by atoms with Gasteiger partial charge in [0.25, 0.3) is 0 Å². The maximum atomic E-state index is 11.2. The average Bonchev–Trinajstić information content (AvgIpc) is 3.22. The summed E-state index contributed by atoms with van der Waals surface area (Å²) >= 11 is 0. The van der Waals surface area contributed by atoms with Crippen LogP contribution in [0.5, 0.6) is 0 Å². The first-order chi connectivity index (χ1) is 9.27. The minimum Gasteiger partial charge on any atom is -0.381 e. The third-order valence-electron chi connectivity index (χ3n) is 3.29.